The molecule has 0 saturated carbocycles. The Hall–Kier alpha value is -2.17. The fraction of sp³-hybridized carbons (Fsp3) is 0.350. The van der Waals surface area contributed by atoms with Crippen molar-refractivity contribution in [2.45, 2.75) is 19.0 Å². The number of hydrogen-bond acceptors (Lipinski definition) is 3. The Morgan fingerprint density at radius 3 is 2.00 bits per heavy atom. The van der Waals surface area contributed by atoms with Gasteiger partial charge in [-0.15, -0.1) is 0 Å². The van der Waals surface area contributed by atoms with Crippen LogP contribution in [-0.4, -0.2) is 47.9 Å². The van der Waals surface area contributed by atoms with Crippen LogP contribution in [0, 0.1) is 0 Å². The van der Waals surface area contributed by atoms with Crippen LogP contribution < -0.4 is 5.73 Å². The molecule has 0 radical (unpaired) electrons. The van der Waals surface area contributed by atoms with E-state index in [1.165, 1.54) is 5.56 Å². The normalized spacial score (nSPS) is 16.8. The van der Waals surface area contributed by atoms with Gasteiger partial charge in [-0.1, -0.05) is 60.7 Å². The van der Waals surface area contributed by atoms with Crippen molar-refractivity contribution in [1.82, 2.24) is 9.80 Å². The molecule has 1 atom stereocenters. The zero-order valence-corrected chi connectivity index (χ0v) is 14.0. The number of nitrogens with zero attached hydrogens (tertiary/aromatic N) is 2. The van der Waals surface area contributed by atoms with Gasteiger partial charge in [0.2, 0.25) is 5.91 Å². The maximum Gasteiger partial charge on any atom is 0.239 e. The van der Waals surface area contributed by atoms with Crippen molar-refractivity contribution < 1.29 is 4.79 Å². The summed E-state index contributed by atoms with van der Waals surface area (Å²) in [4.78, 5) is 16.9. The van der Waals surface area contributed by atoms with Gasteiger partial charge in [0.1, 0.15) is 0 Å². The number of rotatable bonds is 5. The van der Waals surface area contributed by atoms with Crippen LogP contribution in [0.2, 0.25) is 0 Å². The second-order valence-corrected chi connectivity index (χ2v) is 6.38. The standard InChI is InChI=1S/C20H25N3O/c21-19(15-17-7-3-1-4-8-17)20(24)23-13-11-22(12-14-23)16-18-9-5-2-6-10-18/h1-10,19H,11-16,21H2/t19-/m0/s1. The zero-order valence-electron chi connectivity index (χ0n) is 14.0. The molecular weight excluding hydrogens is 298 g/mol. The van der Waals surface area contributed by atoms with Gasteiger partial charge in [-0.05, 0) is 17.5 Å². The van der Waals surface area contributed by atoms with Gasteiger partial charge in [0.25, 0.3) is 0 Å². The van der Waals surface area contributed by atoms with E-state index >= 15 is 0 Å². The maximum atomic E-state index is 12.5. The molecule has 1 saturated heterocycles. The Kier molecular flexibility index (Phi) is 5.62. The molecule has 4 heteroatoms. The minimum absolute atomic E-state index is 0.0678. The molecule has 0 bridgehead atoms. The van der Waals surface area contributed by atoms with Gasteiger partial charge in [0.15, 0.2) is 0 Å². The molecule has 1 fully saturated rings. The van der Waals surface area contributed by atoms with E-state index in [0.717, 1.165) is 38.3 Å². The molecule has 1 amide bonds. The van der Waals surface area contributed by atoms with Crippen molar-refractivity contribution >= 4 is 5.91 Å². The molecular formula is C20H25N3O. The van der Waals surface area contributed by atoms with E-state index in [2.05, 4.69) is 29.2 Å². The number of hydrogen-bond donors (Lipinski definition) is 1. The molecule has 24 heavy (non-hydrogen) atoms. The van der Waals surface area contributed by atoms with E-state index in [9.17, 15) is 4.79 Å². The van der Waals surface area contributed by atoms with Crippen molar-refractivity contribution in [3.05, 3.63) is 71.8 Å². The van der Waals surface area contributed by atoms with E-state index in [-0.39, 0.29) is 5.91 Å². The molecule has 1 aliphatic heterocycles. The minimum Gasteiger partial charge on any atom is -0.339 e. The number of nitrogens with two attached hydrogens (primary N) is 1. The highest BCUT2D eigenvalue weighted by Crippen LogP contribution is 2.10. The fourth-order valence-electron chi connectivity index (χ4n) is 3.16. The van der Waals surface area contributed by atoms with Crippen molar-refractivity contribution in [3.63, 3.8) is 0 Å². The quantitative estimate of drug-likeness (QED) is 0.914. The Balaban J connectivity index is 1.48. The lowest BCUT2D eigenvalue weighted by Gasteiger charge is -2.36. The molecule has 0 unspecified atom stereocenters. The van der Waals surface area contributed by atoms with E-state index in [0.29, 0.717) is 6.42 Å². The Morgan fingerprint density at radius 1 is 0.875 bits per heavy atom. The summed E-state index contributed by atoms with van der Waals surface area (Å²) < 4.78 is 0. The van der Waals surface area contributed by atoms with Crippen molar-refractivity contribution in [2.75, 3.05) is 26.2 Å². The number of carbonyl (C=O) groups excluding carboxylic acids is 1. The molecule has 126 valence electrons. The maximum absolute atomic E-state index is 12.5. The molecule has 1 aliphatic rings. The summed E-state index contributed by atoms with van der Waals surface area (Å²) in [5.41, 5.74) is 8.56. The summed E-state index contributed by atoms with van der Waals surface area (Å²) in [5, 5.41) is 0. The average Bonchev–Trinajstić information content (AvgIpc) is 2.63. The van der Waals surface area contributed by atoms with Gasteiger partial charge in [-0.3, -0.25) is 9.69 Å². The summed E-state index contributed by atoms with van der Waals surface area (Å²) in [6.45, 7) is 4.26. The second-order valence-electron chi connectivity index (χ2n) is 6.38. The molecule has 0 spiro atoms. The first-order chi connectivity index (χ1) is 11.7. The number of carbonyl (C=O) groups is 1. The van der Waals surface area contributed by atoms with Gasteiger partial charge in [0, 0.05) is 32.7 Å². The van der Waals surface area contributed by atoms with Gasteiger partial charge in [0.05, 0.1) is 6.04 Å². The van der Waals surface area contributed by atoms with Crippen molar-refractivity contribution in [3.8, 4) is 0 Å². The predicted octanol–water partition coefficient (Wildman–Crippen LogP) is 1.90. The minimum atomic E-state index is -0.451. The van der Waals surface area contributed by atoms with E-state index in [1.807, 2.05) is 41.3 Å². The zero-order chi connectivity index (χ0) is 16.8. The van der Waals surface area contributed by atoms with Crippen LogP contribution in [0.3, 0.4) is 0 Å². The first kappa shape index (κ1) is 16.7. The lowest BCUT2D eigenvalue weighted by molar-refractivity contribution is -0.134. The third-order valence-corrected chi connectivity index (χ3v) is 4.55. The summed E-state index contributed by atoms with van der Waals surface area (Å²) in [7, 11) is 0. The third kappa shape index (κ3) is 4.43. The van der Waals surface area contributed by atoms with Crippen LogP contribution in [-0.2, 0) is 17.8 Å². The molecule has 1 heterocycles. The molecule has 0 aromatic heterocycles. The van der Waals surface area contributed by atoms with Crippen LogP contribution >= 0.6 is 0 Å². The predicted molar refractivity (Wildman–Crippen MR) is 96.4 cm³/mol. The van der Waals surface area contributed by atoms with Crippen LogP contribution in [0.4, 0.5) is 0 Å². The Morgan fingerprint density at radius 2 is 1.42 bits per heavy atom. The lowest BCUT2D eigenvalue weighted by atomic mass is 10.1. The first-order valence-corrected chi connectivity index (χ1v) is 8.57. The van der Waals surface area contributed by atoms with E-state index in [4.69, 9.17) is 5.73 Å². The van der Waals surface area contributed by atoms with Gasteiger partial charge in [-0.25, -0.2) is 0 Å². The van der Waals surface area contributed by atoms with Gasteiger partial charge in [-0.2, -0.15) is 0 Å². The second kappa shape index (κ2) is 8.08. The third-order valence-electron chi connectivity index (χ3n) is 4.55. The van der Waals surface area contributed by atoms with Gasteiger partial charge >= 0.3 is 0 Å². The van der Waals surface area contributed by atoms with Crippen LogP contribution in [0.15, 0.2) is 60.7 Å². The highest BCUT2D eigenvalue weighted by Gasteiger charge is 2.25. The molecule has 0 aliphatic carbocycles. The van der Waals surface area contributed by atoms with E-state index < -0.39 is 6.04 Å². The summed E-state index contributed by atoms with van der Waals surface area (Å²) in [5.74, 6) is 0.0678. The average molecular weight is 323 g/mol. The molecule has 4 nitrogen and oxygen atoms in total. The highest BCUT2D eigenvalue weighted by atomic mass is 16.2. The number of amides is 1. The van der Waals surface area contributed by atoms with Crippen LogP contribution in [0.5, 0.6) is 0 Å². The van der Waals surface area contributed by atoms with Gasteiger partial charge < -0.3 is 10.6 Å². The summed E-state index contributed by atoms with van der Waals surface area (Å²) in [6.07, 6.45) is 0.601. The lowest BCUT2D eigenvalue weighted by Crippen LogP contribution is -2.53. The number of benzene rings is 2. The molecule has 2 aromatic rings. The Bertz CT molecular complexity index is 636. The smallest absolute Gasteiger partial charge is 0.239 e. The highest BCUT2D eigenvalue weighted by molar-refractivity contribution is 5.82. The van der Waals surface area contributed by atoms with Crippen LogP contribution in [0.25, 0.3) is 0 Å². The Labute approximate surface area is 143 Å². The van der Waals surface area contributed by atoms with Crippen LogP contribution in [0.1, 0.15) is 11.1 Å². The molecule has 2 aromatic carbocycles. The van der Waals surface area contributed by atoms with Crippen molar-refractivity contribution in [1.29, 1.82) is 0 Å². The van der Waals surface area contributed by atoms with Crippen molar-refractivity contribution in [2.24, 2.45) is 5.73 Å². The topological polar surface area (TPSA) is 49.6 Å². The largest absolute Gasteiger partial charge is 0.339 e. The SMILES string of the molecule is N[C@@H](Cc1ccccc1)C(=O)N1CCN(Cc2ccccc2)CC1. The molecule has 2 N–H and O–H groups in total. The summed E-state index contributed by atoms with van der Waals surface area (Å²) >= 11 is 0. The van der Waals surface area contributed by atoms with E-state index in [1.54, 1.807) is 0 Å². The fourth-order valence-corrected chi connectivity index (χ4v) is 3.16. The number of piperazine rings is 1. The molecule has 3 rings (SSSR count). The monoisotopic (exact) mass is 323 g/mol. The summed E-state index contributed by atoms with van der Waals surface area (Å²) in [6, 6.07) is 20.0. The first-order valence-electron chi connectivity index (χ1n) is 8.57.